The number of halogens is 1. The number of benzene rings is 1. The number of imidazole rings is 1. The monoisotopic (exact) mass is 285 g/mol. The first-order valence-electron chi connectivity index (χ1n) is 6.15. The van der Waals surface area contributed by atoms with Gasteiger partial charge in [0.05, 0.1) is 17.8 Å². The van der Waals surface area contributed by atoms with Crippen LogP contribution in [0, 0.1) is 0 Å². The first-order chi connectivity index (χ1) is 9.65. The van der Waals surface area contributed by atoms with Crippen molar-refractivity contribution in [1.82, 2.24) is 9.38 Å². The summed E-state index contributed by atoms with van der Waals surface area (Å²) in [6, 6.07) is 13.1. The largest absolute Gasteiger partial charge is 0.369 e. The van der Waals surface area contributed by atoms with Gasteiger partial charge in [0.25, 0.3) is 0 Å². The molecule has 3 aromatic rings. The van der Waals surface area contributed by atoms with Crippen LogP contribution in [0.2, 0.25) is 5.02 Å². The lowest BCUT2D eigenvalue weighted by atomic mass is 10.1. The van der Waals surface area contributed by atoms with Gasteiger partial charge in [0, 0.05) is 16.8 Å². The van der Waals surface area contributed by atoms with Crippen molar-refractivity contribution in [3.63, 3.8) is 0 Å². The number of carbonyl (C=O) groups is 1. The SMILES string of the molecule is NC(=O)Cc1c(-c2ccc(Cl)cc2)nc2ccccn12. The van der Waals surface area contributed by atoms with Crippen molar-refractivity contribution >= 4 is 23.2 Å². The molecule has 100 valence electrons. The minimum atomic E-state index is -0.383. The van der Waals surface area contributed by atoms with Crippen LogP contribution in [0.1, 0.15) is 5.69 Å². The molecule has 0 spiro atoms. The highest BCUT2D eigenvalue weighted by Crippen LogP contribution is 2.26. The fourth-order valence-electron chi connectivity index (χ4n) is 2.22. The van der Waals surface area contributed by atoms with E-state index in [-0.39, 0.29) is 12.3 Å². The molecule has 3 rings (SSSR count). The maximum Gasteiger partial charge on any atom is 0.223 e. The second kappa shape index (κ2) is 4.98. The van der Waals surface area contributed by atoms with Crippen molar-refractivity contribution in [3.05, 3.63) is 59.4 Å². The Labute approximate surface area is 120 Å². The molecule has 1 amide bonds. The van der Waals surface area contributed by atoms with E-state index in [9.17, 15) is 4.79 Å². The summed E-state index contributed by atoms with van der Waals surface area (Å²) in [5.41, 5.74) is 8.59. The van der Waals surface area contributed by atoms with Gasteiger partial charge >= 0.3 is 0 Å². The number of hydrogen-bond donors (Lipinski definition) is 1. The topological polar surface area (TPSA) is 60.4 Å². The Morgan fingerprint density at radius 2 is 1.95 bits per heavy atom. The first kappa shape index (κ1) is 12.7. The summed E-state index contributed by atoms with van der Waals surface area (Å²) in [4.78, 5) is 15.9. The van der Waals surface area contributed by atoms with Crippen molar-refractivity contribution in [3.8, 4) is 11.3 Å². The molecule has 2 aromatic heterocycles. The third-order valence-corrected chi connectivity index (χ3v) is 3.34. The van der Waals surface area contributed by atoms with E-state index in [1.807, 2.05) is 40.9 Å². The fraction of sp³-hybridized carbons (Fsp3) is 0.0667. The minimum Gasteiger partial charge on any atom is -0.369 e. The molecule has 0 radical (unpaired) electrons. The Bertz CT molecular complexity index is 777. The zero-order chi connectivity index (χ0) is 14.1. The number of nitrogens with zero attached hydrogens (tertiary/aromatic N) is 2. The lowest BCUT2D eigenvalue weighted by molar-refractivity contribution is -0.117. The van der Waals surface area contributed by atoms with Gasteiger partial charge in [-0.2, -0.15) is 0 Å². The Morgan fingerprint density at radius 3 is 2.65 bits per heavy atom. The highest BCUT2D eigenvalue weighted by atomic mass is 35.5. The van der Waals surface area contributed by atoms with E-state index in [1.54, 1.807) is 12.1 Å². The Hall–Kier alpha value is -2.33. The first-order valence-corrected chi connectivity index (χ1v) is 6.53. The van der Waals surface area contributed by atoms with Gasteiger partial charge in [-0.05, 0) is 24.3 Å². The van der Waals surface area contributed by atoms with E-state index in [0.717, 1.165) is 22.6 Å². The van der Waals surface area contributed by atoms with Gasteiger partial charge in [0.15, 0.2) is 0 Å². The molecular weight excluding hydrogens is 274 g/mol. The van der Waals surface area contributed by atoms with Crippen LogP contribution in [0.3, 0.4) is 0 Å². The molecule has 2 N–H and O–H groups in total. The molecule has 5 heteroatoms. The summed E-state index contributed by atoms with van der Waals surface area (Å²) in [6.07, 6.45) is 2.02. The van der Waals surface area contributed by atoms with Crippen LogP contribution in [0.25, 0.3) is 16.9 Å². The van der Waals surface area contributed by atoms with Gasteiger partial charge in [-0.1, -0.05) is 29.8 Å². The Balaban J connectivity index is 2.23. The Morgan fingerprint density at radius 1 is 1.20 bits per heavy atom. The zero-order valence-electron chi connectivity index (χ0n) is 10.6. The van der Waals surface area contributed by atoms with E-state index in [1.165, 1.54) is 0 Å². The molecule has 0 aliphatic rings. The fourth-order valence-corrected chi connectivity index (χ4v) is 2.35. The molecule has 4 nitrogen and oxygen atoms in total. The summed E-state index contributed by atoms with van der Waals surface area (Å²) in [5, 5.41) is 0.661. The van der Waals surface area contributed by atoms with Crippen molar-refractivity contribution in [2.75, 3.05) is 0 Å². The van der Waals surface area contributed by atoms with Gasteiger partial charge in [-0.3, -0.25) is 4.79 Å². The molecule has 0 aliphatic heterocycles. The molecule has 0 saturated carbocycles. The van der Waals surface area contributed by atoms with E-state index in [2.05, 4.69) is 4.98 Å². The molecule has 0 bridgehead atoms. The average molecular weight is 286 g/mol. The number of carbonyl (C=O) groups excluding carboxylic acids is 1. The van der Waals surface area contributed by atoms with Gasteiger partial charge in [-0.25, -0.2) is 4.98 Å². The van der Waals surface area contributed by atoms with Crippen LogP contribution in [-0.4, -0.2) is 15.3 Å². The van der Waals surface area contributed by atoms with Crippen LogP contribution in [0.15, 0.2) is 48.7 Å². The van der Waals surface area contributed by atoms with E-state index in [4.69, 9.17) is 17.3 Å². The van der Waals surface area contributed by atoms with Crippen molar-refractivity contribution in [1.29, 1.82) is 0 Å². The second-order valence-electron chi connectivity index (χ2n) is 4.49. The number of pyridine rings is 1. The lowest BCUT2D eigenvalue weighted by Gasteiger charge is -2.03. The highest BCUT2D eigenvalue weighted by molar-refractivity contribution is 6.30. The summed E-state index contributed by atoms with van der Waals surface area (Å²) < 4.78 is 1.88. The van der Waals surface area contributed by atoms with Crippen molar-refractivity contribution in [2.24, 2.45) is 5.73 Å². The smallest absolute Gasteiger partial charge is 0.223 e. The van der Waals surface area contributed by atoms with E-state index < -0.39 is 0 Å². The predicted octanol–water partition coefficient (Wildman–Crippen LogP) is 2.68. The number of hydrogen-bond acceptors (Lipinski definition) is 2. The average Bonchev–Trinajstić information content (AvgIpc) is 2.78. The van der Waals surface area contributed by atoms with Crippen molar-refractivity contribution in [2.45, 2.75) is 6.42 Å². The summed E-state index contributed by atoms with van der Waals surface area (Å²) >= 11 is 5.90. The van der Waals surface area contributed by atoms with Gasteiger partial charge in [-0.15, -0.1) is 0 Å². The van der Waals surface area contributed by atoms with Gasteiger partial charge < -0.3 is 10.1 Å². The number of primary amides is 1. The van der Waals surface area contributed by atoms with Crippen LogP contribution in [0.4, 0.5) is 0 Å². The number of amides is 1. The van der Waals surface area contributed by atoms with E-state index >= 15 is 0 Å². The predicted molar refractivity (Wildman–Crippen MR) is 78.5 cm³/mol. The number of nitrogens with two attached hydrogens (primary N) is 1. The normalized spacial score (nSPS) is 10.8. The molecule has 0 aliphatic carbocycles. The molecule has 0 atom stereocenters. The Kier molecular flexibility index (Phi) is 3.16. The molecule has 0 saturated heterocycles. The number of rotatable bonds is 3. The van der Waals surface area contributed by atoms with Gasteiger partial charge in [0.2, 0.25) is 5.91 Å². The number of fused-ring (bicyclic) bond motifs is 1. The zero-order valence-corrected chi connectivity index (χ0v) is 11.3. The second-order valence-corrected chi connectivity index (χ2v) is 4.92. The highest BCUT2D eigenvalue weighted by Gasteiger charge is 2.15. The lowest BCUT2D eigenvalue weighted by Crippen LogP contribution is -2.15. The molecule has 20 heavy (non-hydrogen) atoms. The standard InChI is InChI=1S/C15H12ClN3O/c16-11-6-4-10(5-7-11)15-12(9-13(17)20)19-8-2-1-3-14(19)18-15/h1-8H,9H2,(H2,17,20). The molecule has 0 unspecified atom stereocenters. The van der Waals surface area contributed by atoms with E-state index in [0.29, 0.717) is 5.02 Å². The van der Waals surface area contributed by atoms with Crippen LogP contribution < -0.4 is 5.73 Å². The summed E-state index contributed by atoms with van der Waals surface area (Å²) in [7, 11) is 0. The quantitative estimate of drug-likeness (QED) is 0.804. The maximum absolute atomic E-state index is 11.3. The summed E-state index contributed by atoms with van der Waals surface area (Å²) in [5.74, 6) is -0.383. The third kappa shape index (κ3) is 2.26. The maximum atomic E-state index is 11.3. The molecule has 0 fully saturated rings. The minimum absolute atomic E-state index is 0.142. The van der Waals surface area contributed by atoms with Crippen LogP contribution >= 0.6 is 11.6 Å². The van der Waals surface area contributed by atoms with Crippen LogP contribution in [0.5, 0.6) is 0 Å². The number of aromatic nitrogens is 2. The van der Waals surface area contributed by atoms with Gasteiger partial charge in [0.1, 0.15) is 5.65 Å². The third-order valence-electron chi connectivity index (χ3n) is 3.09. The van der Waals surface area contributed by atoms with Crippen LogP contribution in [-0.2, 0) is 11.2 Å². The molecule has 2 heterocycles. The molecular formula is C15H12ClN3O. The molecule has 1 aromatic carbocycles. The van der Waals surface area contributed by atoms with Crippen molar-refractivity contribution < 1.29 is 4.79 Å². The summed E-state index contributed by atoms with van der Waals surface area (Å²) in [6.45, 7) is 0.